The highest BCUT2D eigenvalue weighted by atomic mass is 35.5. The zero-order valence-electron chi connectivity index (χ0n) is 23.1. The zero-order valence-corrected chi connectivity index (χ0v) is 23.9. The van der Waals surface area contributed by atoms with E-state index in [0.717, 1.165) is 37.7 Å². The number of likely N-dealkylation sites (N-methyl/N-ethyl adjacent to an activating group) is 1. The van der Waals surface area contributed by atoms with Crippen LogP contribution in [0.25, 0.3) is 10.9 Å². The van der Waals surface area contributed by atoms with Gasteiger partial charge in [0.1, 0.15) is 5.82 Å². The van der Waals surface area contributed by atoms with Crippen LogP contribution in [0.3, 0.4) is 0 Å². The van der Waals surface area contributed by atoms with Crippen LogP contribution in [0.4, 0.5) is 27.8 Å². The quantitative estimate of drug-likeness (QED) is 0.375. The van der Waals surface area contributed by atoms with Gasteiger partial charge in [0.05, 0.1) is 22.1 Å². The lowest BCUT2D eigenvalue weighted by Gasteiger charge is -2.37. The Labute approximate surface area is 244 Å². The fourth-order valence-corrected chi connectivity index (χ4v) is 5.75. The van der Waals surface area contributed by atoms with E-state index in [-0.39, 0.29) is 35.8 Å². The predicted octanol–water partition coefficient (Wildman–Crippen LogP) is 5.04. The van der Waals surface area contributed by atoms with Gasteiger partial charge in [-0.3, -0.25) is 9.69 Å². The number of piperidine rings is 1. The summed E-state index contributed by atoms with van der Waals surface area (Å²) in [5.74, 6) is -3.86. The Morgan fingerprint density at radius 1 is 1.12 bits per heavy atom. The van der Waals surface area contributed by atoms with E-state index in [0.29, 0.717) is 16.9 Å². The fraction of sp³-hybridized carbons (Fsp3) is 0.500. The van der Waals surface area contributed by atoms with Gasteiger partial charge in [-0.25, -0.2) is 23.7 Å². The third-order valence-corrected chi connectivity index (χ3v) is 8.30. The van der Waals surface area contributed by atoms with Gasteiger partial charge in [-0.1, -0.05) is 11.6 Å². The van der Waals surface area contributed by atoms with Crippen molar-refractivity contribution in [3.8, 4) is 0 Å². The van der Waals surface area contributed by atoms with Crippen LogP contribution in [0.2, 0.25) is 5.02 Å². The predicted molar refractivity (Wildman–Crippen MR) is 149 cm³/mol. The van der Waals surface area contributed by atoms with Crippen molar-refractivity contribution in [2.24, 2.45) is 0 Å². The monoisotopic (exact) mass is 611 g/mol. The van der Waals surface area contributed by atoms with E-state index in [1.165, 1.54) is 0 Å². The van der Waals surface area contributed by atoms with Gasteiger partial charge in [0, 0.05) is 75.0 Å². The Morgan fingerprint density at radius 3 is 2.43 bits per heavy atom. The van der Waals surface area contributed by atoms with Crippen molar-refractivity contribution in [1.82, 2.24) is 30.1 Å². The standard InChI is InChI=1S/C28H31ClF5N7O/c1-39(2)18-7-10-41(16-18)23-6-3-19-21(38-23)5-4-20(29)24(19)25(42)35-15-22(40-11-8-27(30,31)9-12-40)17-13-36-26(37-14-17)28(32,33)34/h3-6,13-14,18,22H,7-12,15-16H2,1-2H3,(H,35,42). The minimum Gasteiger partial charge on any atom is -0.355 e. The van der Waals surface area contributed by atoms with Crippen molar-refractivity contribution in [2.45, 2.75) is 43.4 Å². The van der Waals surface area contributed by atoms with Gasteiger partial charge in [-0.05, 0) is 44.8 Å². The molecule has 2 aliphatic rings. The molecule has 1 N–H and O–H groups in total. The smallest absolute Gasteiger partial charge is 0.355 e. The first-order valence-corrected chi connectivity index (χ1v) is 14.0. The van der Waals surface area contributed by atoms with Crippen molar-refractivity contribution in [3.05, 3.63) is 58.6 Å². The van der Waals surface area contributed by atoms with Gasteiger partial charge < -0.3 is 15.1 Å². The fourth-order valence-electron chi connectivity index (χ4n) is 5.50. The molecule has 0 radical (unpaired) electrons. The van der Waals surface area contributed by atoms with Gasteiger partial charge in [0.25, 0.3) is 11.8 Å². The molecule has 5 rings (SSSR count). The summed E-state index contributed by atoms with van der Waals surface area (Å²) in [5.41, 5.74) is 1.06. The molecule has 2 fully saturated rings. The molecule has 14 heteroatoms. The second-order valence-corrected chi connectivity index (χ2v) is 11.4. The molecule has 8 nitrogen and oxygen atoms in total. The van der Waals surface area contributed by atoms with E-state index < -0.39 is 42.7 Å². The number of likely N-dealkylation sites (tertiary alicyclic amines) is 1. The molecule has 0 spiro atoms. The van der Waals surface area contributed by atoms with E-state index >= 15 is 0 Å². The van der Waals surface area contributed by atoms with Crippen LogP contribution in [-0.2, 0) is 6.18 Å². The minimum atomic E-state index is -4.72. The highest BCUT2D eigenvalue weighted by Crippen LogP contribution is 2.34. The summed E-state index contributed by atoms with van der Waals surface area (Å²) >= 11 is 6.47. The molecule has 2 atom stereocenters. The zero-order chi connectivity index (χ0) is 30.2. The number of hydrogen-bond acceptors (Lipinski definition) is 7. The van der Waals surface area contributed by atoms with Crippen LogP contribution in [0, 0.1) is 0 Å². The van der Waals surface area contributed by atoms with Crippen molar-refractivity contribution < 1.29 is 26.7 Å². The molecule has 226 valence electrons. The van der Waals surface area contributed by atoms with E-state index in [2.05, 4.69) is 25.1 Å². The molecule has 0 aliphatic carbocycles. The maximum absolute atomic E-state index is 13.9. The number of fused-ring (bicyclic) bond motifs is 1. The van der Waals surface area contributed by atoms with Crippen LogP contribution in [-0.4, -0.2) is 89.4 Å². The molecular formula is C28H31ClF5N7O. The molecule has 2 unspecified atom stereocenters. The number of nitrogens with one attached hydrogen (secondary N) is 1. The second-order valence-electron chi connectivity index (χ2n) is 11.0. The Bertz CT molecular complexity index is 1430. The number of alkyl halides is 5. The summed E-state index contributed by atoms with van der Waals surface area (Å²) in [4.78, 5) is 31.2. The topological polar surface area (TPSA) is 77.5 Å². The number of amides is 1. The van der Waals surface area contributed by atoms with E-state index in [1.807, 2.05) is 20.2 Å². The van der Waals surface area contributed by atoms with Gasteiger partial charge in [-0.15, -0.1) is 0 Å². The largest absolute Gasteiger partial charge is 0.451 e. The number of nitrogens with zero attached hydrogens (tertiary/aromatic N) is 6. The average molecular weight is 612 g/mol. The number of anilines is 1. The molecule has 0 bridgehead atoms. The summed E-state index contributed by atoms with van der Waals surface area (Å²) in [6.07, 6.45) is -2.48. The number of halogens is 6. The first-order valence-electron chi connectivity index (χ1n) is 13.6. The number of aromatic nitrogens is 3. The summed E-state index contributed by atoms with van der Waals surface area (Å²) < 4.78 is 66.8. The Kier molecular flexibility index (Phi) is 8.55. The molecule has 3 aromatic rings. The minimum absolute atomic E-state index is 0.0124. The maximum Gasteiger partial charge on any atom is 0.451 e. The number of carbonyl (C=O) groups is 1. The van der Waals surface area contributed by atoms with Crippen LogP contribution in [0.15, 0.2) is 36.7 Å². The number of benzene rings is 1. The van der Waals surface area contributed by atoms with E-state index in [9.17, 15) is 26.7 Å². The Balaban J connectivity index is 1.37. The lowest BCUT2D eigenvalue weighted by molar-refractivity contribution is -0.145. The third kappa shape index (κ3) is 6.57. The summed E-state index contributed by atoms with van der Waals surface area (Å²) in [5, 5.41) is 3.55. The molecule has 2 aliphatic heterocycles. The molecule has 0 saturated carbocycles. The highest BCUT2D eigenvalue weighted by molar-refractivity contribution is 6.35. The first-order chi connectivity index (χ1) is 19.8. The maximum atomic E-state index is 13.9. The van der Waals surface area contributed by atoms with Crippen LogP contribution in [0.1, 0.15) is 47.1 Å². The van der Waals surface area contributed by atoms with Crippen LogP contribution < -0.4 is 10.2 Å². The normalized spacial score (nSPS) is 20.3. The Morgan fingerprint density at radius 2 is 1.81 bits per heavy atom. The van der Waals surface area contributed by atoms with Crippen molar-refractivity contribution in [3.63, 3.8) is 0 Å². The lowest BCUT2D eigenvalue weighted by atomic mass is 10.0. The third-order valence-electron chi connectivity index (χ3n) is 7.99. The van der Waals surface area contributed by atoms with E-state index in [1.54, 1.807) is 23.1 Å². The molecule has 2 saturated heterocycles. The van der Waals surface area contributed by atoms with Gasteiger partial charge in [0.15, 0.2) is 0 Å². The van der Waals surface area contributed by atoms with Gasteiger partial charge >= 0.3 is 6.18 Å². The van der Waals surface area contributed by atoms with Crippen molar-refractivity contribution >= 4 is 34.2 Å². The van der Waals surface area contributed by atoms with Crippen molar-refractivity contribution in [1.29, 1.82) is 0 Å². The second kappa shape index (κ2) is 11.8. The van der Waals surface area contributed by atoms with Gasteiger partial charge in [0.2, 0.25) is 5.82 Å². The Hall–Kier alpha value is -3.16. The molecule has 2 aromatic heterocycles. The van der Waals surface area contributed by atoms with E-state index in [4.69, 9.17) is 16.6 Å². The summed E-state index contributed by atoms with van der Waals surface area (Å²) in [6, 6.07) is 6.68. The number of pyridine rings is 1. The summed E-state index contributed by atoms with van der Waals surface area (Å²) in [6.45, 7) is 1.59. The molecule has 1 aromatic carbocycles. The first kappa shape index (κ1) is 30.3. The van der Waals surface area contributed by atoms with Gasteiger partial charge in [-0.2, -0.15) is 13.2 Å². The summed E-state index contributed by atoms with van der Waals surface area (Å²) in [7, 11) is 4.09. The lowest BCUT2D eigenvalue weighted by Crippen LogP contribution is -2.45. The SMILES string of the molecule is CN(C)C1CCN(c2ccc3c(C(=O)NCC(c4cnc(C(F)(F)F)nc4)N4CCC(F)(F)CC4)c(Cl)ccc3n2)C1. The number of hydrogen-bond donors (Lipinski definition) is 1. The highest BCUT2D eigenvalue weighted by Gasteiger charge is 2.38. The number of carbonyl (C=O) groups excluding carboxylic acids is 1. The van der Waals surface area contributed by atoms with Crippen LogP contribution >= 0.6 is 11.6 Å². The molecule has 42 heavy (non-hydrogen) atoms. The number of rotatable bonds is 7. The van der Waals surface area contributed by atoms with Crippen LogP contribution in [0.5, 0.6) is 0 Å². The van der Waals surface area contributed by atoms with Crippen molar-refractivity contribution in [2.75, 3.05) is 51.7 Å². The average Bonchev–Trinajstić information content (AvgIpc) is 3.44. The molecule has 4 heterocycles. The molecular weight excluding hydrogens is 581 g/mol. The molecule has 1 amide bonds.